The van der Waals surface area contributed by atoms with E-state index in [2.05, 4.69) is 15.9 Å². The number of non-ortho nitro benzene ring substituents is 1. The first-order valence-corrected chi connectivity index (χ1v) is 6.46. The number of amides is 1. The minimum atomic E-state index is -0.505. The molecule has 0 fully saturated rings. The molecule has 1 rings (SSSR count). The van der Waals surface area contributed by atoms with Crippen molar-refractivity contribution in [1.29, 1.82) is 0 Å². The van der Waals surface area contributed by atoms with Crippen LogP contribution in [0.2, 0.25) is 0 Å². The summed E-state index contributed by atoms with van der Waals surface area (Å²) in [7, 11) is 1.70. The average Bonchev–Trinajstić information content (AvgIpc) is 2.35. The molecule has 0 atom stereocenters. The maximum Gasteiger partial charge on any atom is 0.270 e. The normalized spacial score (nSPS) is 10.2. The van der Waals surface area contributed by atoms with Crippen LogP contribution >= 0.6 is 15.9 Å². The summed E-state index contributed by atoms with van der Waals surface area (Å²) in [4.78, 5) is 23.9. The molecule has 0 aliphatic rings. The smallest absolute Gasteiger partial charge is 0.270 e. The number of benzene rings is 1. The lowest BCUT2D eigenvalue weighted by molar-refractivity contribution is -0.384. The van der Waals surface area contributed by atoms with Gasteiger partial charge in [-0.15, -0.1) is 0 Å². The van der Waals surface area contributed by atoms with Crippen LogP contribution < -0.4 is 0 Å². The molecular weight excluding hydrogens is 300 g/mol. The van der Waals surface area contributed by atoms with Gasteiger partial charge in [0.1, 0.15) is 0 Å². The van der Waals surface area contributed by atoms with Gasteiger partial charge in [-0.05, 0) is 28.4 Å². The van der Waals surface area contributed by atoms with Gasteiger partial charge in [0.05, 0.1) is 10.5 Å². The highest BCUT2D eigenvalue weighted by molar-refractivity contribution is 9.10. The zero-order valence-corrected chi connectivity index (χ0v) is 11.9. The number of halogens is 1. The second-order valence-corrected chi connectivity index (χ2v) is 4.86. The van der Waals surface area contributed by atoms with E-state index >= 15 is 0 Å². The number of nitro groups is 1. The SMILES string of the molecule is CCCCN(C)C(=O)c1cc([N+](=O)[O-])ccc1Br. The van der Waals surface area contributed by atoms with Crippen molar-refractivity contribution >= 4 is 27.5 Å². The van der Waals surface area contributed by atoms with Gasteiger partial charge < -0.3 is 4.90 Å². The molecule has 0 unspecified atom stereocenters. The van der Waals surface area contributed by atoms with Crippen LogP contribution in [0.3, 0.4) is 0 Å². The zero-order valence-electron chi connectivity index (χ0n) is 10.4. The quantitative estimate of drug-likeness (QED) is 0.619. The van der Waals surface area contributed by atoms with Crippen molar-refractivity contribution in [3.8, 4) is 0 Å². The number of nitrogens with zero attached hydrogens (tertiary/aromatic N) is 2. The monoisotopic (exact) mass is 314 g/mol. The summed E-state index contributed by atoms with van der Waals surface area (Å²) >= 11 is 3.25. The first-order chi connectivity index (χ1) is 8.47. The van der Waals surface area contributed by atoms with Crippen molar-refractivity contribution in [3.05, 3.63) is 38.3 Å². The Morgan fingerprint density at radius 1 is 1.50 bits per heavy atom. The predicted octanol–water partition coefficient (Wildman–Crippen LogP) is 3.23. The molecule has 0 N–H and O–H groups in total. The summed E-state index contributed by atoms with van der Waals surface area (Å²) in [5, 5.41) is 10.7. The molecular formula is C12H15BrN2O3. The van der Waals surface area contributed by atoms with E-state index in [1.165, 1.54) is 18.2 Å². The summed E-state index contributed by atoms with van der Waals surface area (Å²) in [6.07, 6.45) is 1.91. The maximum atomic E-state index is 12.1. The molecule has 0 aromatic heterocycles. The molecule has 0 spiro atoms. The van der Waals surface area contributed by atoms with Crippen LogP contribution in [-0.4, -0.2) is 29.3 Å². The molecule has 18 heavy (non-hydrogen) atoms. The van der Waals surface area contributed by atoms with Gasteiger partial charge in [0.25, 0.3) is 11.6 Å². The third-order valence-electron chi connectivity index (χ3n) is 2.58. The molecule has 0 saturated heterocycles. The van der Waals surface area contributed by atoms with Gasteiger partial charge in [-0.25, -0.2) is 0 Å². The zero-order chi connectivity index (χ0) is 13.7. The fourth-order valence-electron chi connectivity index (χ4n) is 1.49. The van der Waals surface area contributed by atoms with Crippen LogP contribution in [0.1, 0.15) is 30.1 Å². The molecule has 0 radical (unpaired) electrons. The van der Waals surface area contributed by atoms with Crippen molar-refractivity contribution in [1.82, 2.24) is 4.90 Å². The Morgan fingerprint density at radius 2 is 2.17 bits per heavy atom. The highest BCUT2D eigenvalue weighted by Crippen LogP contribution is 2.23. The Bertz CT molecular complexity index is 463. The van der Waals surface area contributed by atoms with Crippen molar-refractivity contribution in [2.75, 3.05) is 13.6 Å². The van der Waals surface area contributed by atoms with Gasteiger partial charge in [0, 0.05) is 30.2 Å². The Kier molecular flexibility index (Phi) is 5.27. The Morgan fingerprint density at radius 3 is 2.72 bits per heavy atom. The fraction of sp³-hybridized carbons (Fsp3) is 0.417. The Balaban J connectivity index is 2.97. The van der Waals surface area contributed by atoms with Crippen molar-refractivity contribution in [2.45, 2.75) is 19.8 Å². The van der Waals surface area contributed by atoms with E-state index in [9.17, 15) is 14.9 Å². The number of unbranched alkanes of at least 4 members (excludes halogenated alkanes) is 1. The maximum absolute atomic E-state index is 12.1. The van der Waals surface area contributed by atoms with Gasteiger partial charge in [-0.3, -0.25) is 14.9 Å². The van der Waals surface area contributed by atoms with E-state index in [4.69, 9.17) is 0 Å². The molecule has 0 heterocycles. The standard InChI is InChI=1S/C12H15BrN2O3/c1-3-4-7-14(2)12(16)10-8-9(15(17)18)5-6-11(10)13/h5-6,8H,3-4,7H2,1-2H3. The topological polar surface area (TPSA) is 63.5 Å². The summed E-state index contributed by atoms with van der Waals surface area (Å²) < 4.78 is 0.571. The van der Waals surface area contributed by atoms with E-state index in [1.807, 2.05) is 6.92 Å². The lowest BCUT2D eigenvalue weighted by Crippen LogP contribution is -2.28. The van der Waals surface area contributed by atoms with Gasteiger partial charge in [-0.1, -0.05) is 13.3 Å². The van der Waals surface area contributed by atoms with Gasteiger partial charge in [0.15, 0.2) is 0 Å². The van der Waals surface area contributed by atoms with Crippen molar-refractivity contribution in [3.63, 3.8) is 0 Å². The van der Waals surface area contributed by atoms with Crippen LogP contribution in [0.5, 0.6) is 0 Å². The number of carbonyl (C=O) groups excluding carboxylic acids is 1. The number of hydrogen-bond donors (Lipinski definition) is 0. The fourth-order valence-corrected chi connectivity index (χ4v) is 1.91. The van der Waals surface area contributed by atoms with E-state index < -0.39 is 4.92 Å². The first-order valence-electron chi connectivity index (χ1n) is 5.66. The van der Waals surface area contributed by atoms with Crippen LogP contribution in [0, 0.1) is 10.1 Å². The third kappa shape index (κ3) is 3.53. The Labute approximate surface area is 114 Å². The van der Waals surface area contributed by atoms with Crippen LogP contribution in [0.25, 0.3) is 0 Å². The molecule has 1 aromatic rings. The molecule has 1 amide bonds. The lowest BCUT2D eigenvalue weighted by Gasteiger charge is -2.17. The number of carbonyl (C=O) groups is 1. The van der Waals surface area contributed by atoms with E-state index in [0.717, 1.165) is 12.8 Å². The molecule has 5 nitrogen and oxygen atoms in total. The van der Waals surface area contributed by atoms with Gasteiger partial charge >= 0.3 is 0 Å². The highest BCUT2D eigenvalue weighted by Gasteiger charge is 2.18. The summed E-state index contributed by atoms with van der Waals surface area (Å²) in [5.74, 6) is -0.209. The number of nitro benzene ring substituents is 1. The average molecular weight is 315 g/mol. The van der Waals surface area contributed by atoms with E-state index in [-0.39, 0.29) is 11.6 Å². The molecule has 6 heteroatoms. The van der Waals surface area contributed by atoms with E-state index in [1.54, 1.807) is 11.9 Å². The molecule has 0 aliphatic heterocycles. The van der Waals surface area contributed by atoms with Crippen molar-refractivity contribution in [2.24, 2.45) is 0 Å². The predicted molar refractivity (Wildman–Crippen MR) is 72.7 cm³/mol. The molecule has 0 bridgehead atoms. The van der Waals surface area contributed by atoms with Gasteiger partial charge in [-0.2, -0.15) is 0 Å². The van der Waals surface area contributed by atoms with Crippen molar-refractivity contribution < 1.29 is 9.72 Å². The summed E-state index contributed by atoms with van der Waals surface area (Å²) in [6, 6.07) is 4.20. The van der Waals surface area contributed by atoms with Gasteiger partial charge in [0.2, 0.25) is 0 Å². The largest absolute Gasteiger partial charge is 0.342 e. The number of hydrogen-bond acceptors (Lipinski definition) is 3. The van der Waals surface area contributed by atoms with Crippen LogP contribution in [0.15, 0.2) is 22.7 Å². The third-order valence-corrected chi connectivity index (χ3v) is 3.28. The van der Waals surface area contributed by atoms with E-state index in [0.29, 0.717) is 16.6 Å². The number of rotatable bonds is 5. The second kappa shape index (κ2) is 6.49. The first kappa shape index (κ1) is 14.6. The molecule has 0 saturated carbocycles. The minimum absolute atomic E-state index is 0.0783. The molecule has 0 aliphatic carbocycles. The summed E-state index contributed by atoms with van der Waals surface area (Å²) in [5.41, 5.74) is 0.244. The second-order valence-electron chi connectivity index (χ2n) is 4.00. The molecule has 98 valence electrons. The van der Waals surface area contributed by atoms with Crippen LogP contribution in [-0.2, 0) is 0 Å². The summed E-state index contributed by atoms with van der Waals surface area (Å²) in [6.45, 7) is 2.69. The van der Waals surface area contributed by atoms with Crippen LogP contribution in [0.4, 0.5) is 5.69 Å². The highest BCUT2D eigenvalue weighted by atomic mass is 79.9. The lowest BCUT2D eigenvalue weighted by atomic mass is 10.1. The minimum Gasteiger partial charge on any atom is -0.342 e. The molecule has 1 aromatic carbocycles. The Hall–Kier alpha value is -1.43.